The zero-order valence-corrected chi connectivity index (χ0v) is 13.4. The zero-order valence-electron chi connectivity index (χ0n) is 13.4. The Morgan fingerprint density at radius 2 is 1.82 bits per heavy atom. The summed E-state index contributed by atoms with van der Waals surface area (Å²) in [6, 6.07) is 5.15. The molecule has 0 bridgehead atoms. The number of rotatable bonds is 5. The number of carbonyl (C=O) groups excluding carboxylic acids is 2. The highest BCUT2D eigenvalue weighted by atomic mass is 16.7. The standard InChI is InChI=1S/C16H22N2O4/c1-5-18(6-2)15(20)16(3,4)14(19)17-11-7-8-12-13(9-11)22-10-21-12/h7-9H,5-6,10H2,1-4H3,(H,17,19). The van der Waals surface area contributed by atoms with Crippen molar-refractivity contribution in [1.29, 1.82) is 0 Å². The van der Waals surface area contributed by atoms with E-state index in [1.54, 1.807) is 36.9 Å². The minimum atomic E-state index is -1.14. The number of benzene rings is 1. The quantitative estimate of drug-likeness (QED) is 0.847. The molecule has 0 spiro atoms. The van der Waals surface area contributed by atoms with Crippen molar-refractivity contribution in [2.45, 2.75) is 27.7 Å². The predicted octanol–water partition coefficient (Wildman–Crippen LogP) is 2.25. The maximum Gasteiger partial charge on any atom is 0.239 e. The third kappa shape index (κ3) is 3.00. The summed E-state index contributed by atoms with van der Waals surface area (Å²) in [6.45, 7) is 8.40. The van der Waals surface area contributed by atoms with Gasteiger partial charge in [0.25, 0.3) is 0 Å². The Morgan fingerprint density at radius 3 is 2.45 bits per heavy atom. The van der Waals surface area contributed by atoms with Crippen LogP contribution in [0.2, 0.25) is 0 Å². The van der Waals surface area contributed by atoms with Crippen LogP contribution in [0.4, 0.5) is 5.69 Å². The van der Waals surface area contributed by atoms with Crippen molar-refractivity contribution < 1.29 is 19.1 Å². The molecule has 1 heterocycles. The van der Waals surface area contributed by atoms with Crippen LogP contribution in [-0.2, 0) is 9.59 Å². The molecule has 2 amide bonds. The van der Waals surface area contributed by atoms with Crippen LogP contribution in [0.25, 0.3) is 0 Å². The second-order valence-corrected chi connectivity index (χ2v) is 5.62. The van der Waals surface area contributed by atoms with Crippen LogP contribution in [0.5, 0.6) is 11.5 Å². The van der Waals surface area contributed by atoms with Gasteiger partial charge in [0.05, 0.1) is 0 Å². The topological polar surface area (TPSA) is 67.9 Å². The molecule has 0 saturated carbocycles. The molecule has 0 radical (unpaired) electrons. The molecule has 1 aromatic carbocycles. The molecule has 1 aliphatic rings. The van der Waals surface area contributed by atoms with Crippen LogP contribution in [0.3, 0.4) is 0 Å². The Hall–Kier alpha value is -2.24. The molecule has 0 unspecified atom stereocenters. The highest BCUT2D eigenvalue weighted by Gasteiger charge is 2.38. The Bertz CT molecular complexity index is 580. The summed E-state index contributed by atoms with van der Waals surface area (Å²) in [7, 11) is 0. The Kier molecular flexibility index (Phi) is 4.59. The van der Waals surface area contributed by atoms with E-state index in [4.69, 9.17) is 9.47 Å². The van der Waals surface area contributed by atoms with Gasteiger partial charge in [-0.3, -0.25) is 9.59 Å². The molecule has 6 nitrogen and oxygen atoms in total. The van der Waals surface area contributed by atoms with Crippen molar-refractivity contribution >= 4 is 17.5 Å². The van der Waals surface area contributed by atoms with Gasteiger partial charge < -0.3 is 19.7 Å². The Morgan fingerprint density at radius 1 is 1.18 bits per heavy atom. The molecular weight excluding hydrogens is 284 g/mol. The second-order valence-electron chi connectivity index (χ2n) is 5.62. The molecule has 0 aromatic heterocycles. The summed E-state index contributed by atoms with van der Waals surface area (Å²) < 4.78 is 10.5. The highest BCUT2D eigenvalue weighted by Crippen LogP contribution is 2.34. The van der Waals surface area contributed by atoms with Gasteiger partial charge in [0.15, 0.2) is 11.5 Å². The van der Waals surface area contributed by atoms with Crippen LogP contribution in [-0.4, -0.2) is 36.6 Å². The molecule has 120 valence electrons. The van der Waals surface area contributed by atoms with E-state index < -0.39 is 5.41 Å². The monoisotopic (exact) mass is 306 g/mol. The van der Waals surface area contributed by atoms with Crippen molar-refractivity contribution in [3.63, 3.8) is 0 Å². The van der Waals surface area contributed by atoms with E-state index in [1.807, 2.05) is 13.8 Å². The number of amides is 2. The van der Waals surface area contributed by atoms with E-state index in [9.17, 15) is 9.59 Å². The third-order valence-electron chi connectivity index (χ3n) is 3.78. The van der Waals surface area contributed by atoms with Gasteiger partial charge in [0.1, 0.15) is 5.41 Å². The lowest BCUT2D eigenvalue weighted by atomic mass is 9.90. The molecule has 0 atom stereocenters. The number of nitrogens with zero attached hydrogens (tertiary/aromatic N) is 1. The number of ether oxygens (including phenoxy) is 2. The molecule has 1 aromatic rings. The van der Waals surface area contributed by atoms with Crippen molar-refractivity contribution in [2.75, 3.05) is 25.2 Å². The number of carbonyl (C=O) groups is 2. The number of hydrogen-bond acceptors (Lipinski definition) is 4. The first kappa shape index (κ1) is 16.1. The molecular formula is C16H22N2O4. The van der Waals surface area contributed by atoms with Gasteiger partial charge in [0.2, 0.25) is 18.6 Å². The minimum absolute atomic E-state index is 0.179. The average molecular weight is 306 g/mol. The lowest BCUT2D eigenvalue weighted by Gasteiger charge is -2.29. The van der Waals surface area contributed by atoms with Crippen LogP contribution in [0.15, 0.2) is 18.2 Å². The summed E-state index contributed by atoms with van der Waals surface area (Å²) in [5.74, 6) is 0.709. The van der Waals surface area contributed by atoms with E-state index in [0.29, 0.717) is 30.3 Å². The van der Waals surface area contributed by atoms with Crippen molar-refractivity contribution in [3.8, 4) is 11.5 Å². The summed E-state index contributed by atoms with van der Waals surface area (Å²) in [6.07, 6.45) is 0. The van der Waals surface area contributed by atoms with Gasteiger partial charge in [0, 0.05) is 24.8 Å². The number of fused-ring (bicyclic) bond motifs is 1. The normalized spacial score (nSPS) is 12.9. The predicted molar refractivity (Wildman–Crippen MR) is 82.9 cm³/mol. The number of hydrogen-bond donors (Lipinski definition) is 1. The zero-order chi connectivity index (χ0) is 16.3. The van der Waals surface area contributed by atoms with Gasteiger partial charge in [-0.2, -0.15) is 0 Å². The second kappa shape index (κ2) is 6.25. The van der Waals surface area contributed by atoms with Gasteiger partial charge in [-0.05, 0) is 39.8 Å². The maximum atomic E-state index is 12.5. The molecule has 6 heteroatoms. The van der Waals surface area contributed by atoms with Crippen LogP contribution in [0.1, 0.15) is 27.7 Å². The first-order chi connectivity index (χ1) is 10.4. The van der Waals surface area contributed by atoms with E-state index in [2.05, 4.69) is 5.32 Å². The molecule has 1 N–H and O–H groups in total. The maximum absolute atomic E-state index is 12.5. The average Bonchev–Trinajstić information content (AvgIpc) is 2.95. The smallest absolute Gasteiger partial charge is 0.239 e. The van der Waals surface area contributed by atoms with E-state index in [-0.39, 0.29) is 18.6 Å². The van der Waals surface area contributed by atoms with Crippen LogP contribution >= 0.6 is 0 Å². The van der Waals surface area contributed by atoms with Gasteiger partial charge >= 0.3 is 0 Å². The van der Waals surface area contributed by atoms with Crippen molar-refractivity contribution in [1.82, 2.24) is 4.90 Å². The SMILES string of the molecule is CCN(CC)C(=O)C(C)(C)C(=O)Nc1ccc2c(c1)OCO2. The highest BCUT2D eigenvalue weighted by molar-refractivity contribution is 6.09. The molecule has 22 heavy (non-hydrogen) atoms. The van der Waals surface area contributed by atoms with Crippen molar-refractivity contribution in [2.24, 2.45) is 5.41 Å². The molecule has 2 rings (SSSR count). The molecule has 0 saturated heterocycles. The van der Waals surface area contributed by atoms with Gasteiger partial charge in [-0.15, -0.1) is 0 Å². The first-order valence-electron chi connectivity index (χ1n) is 7.40. The van der Waals surface area contributed by atoms with Crippen LogP contribution in [0, 0.1) is 5.41 Å². The summed E-state index contributed by atoms with van der Waals surface area (Å²) in [4.78, 5) is 26.6. The molecule has 0 fully saturated rings. The fourth-order valence-corrected chi connectivity index (χ4v) is 2.26. The van der Waals surface area contributed by atoms with Crippen molar-refractivity contribution in [3.05, 3.63) is 18.2 Å². The van der Waals surface area contributed by atoms with E-state index in [1.165, 1.54) is 0 Å². The third-order valence-corrected chi connectivity index (χ3v) is 3.78. The Balaban J connectivity index is 2.12. The van der Waals surface area contributed by atoms with Gasteiger partial charge in [-0.1, -0.05) is 0 Å². The van der Waals surface area contributed by atoms with Gasteiger partial charge in [-0.25, -0.2) is 0 Å². The lowest BCUT2D eigenvalue weighted by Crippen LogP contribution is -2.47. The minimum Gasteiger partial charge on any atom is -0.454 e. The number of nitrogens with one attached hydrogen (secondary N) is 1. The largest absolute Gasteiger partial charge is 0.454 e. The number of anilines is 1. The summed E-state index contributed by atoms with van der Waals surface area (Å²) in [5, 5.41) is 2.77. The van der Waals surface area contributed by atoms with E-state index in [0.717, 1.165) is 0 Å². The summed E-state index contributed by atoms with van der Waals surface area (Å²) in [5.41, 5.74) is -0.558. The summed E-state index contributed by atoms with van der Waals surface area (Å²) >= 11 is 0. The lowest BCUT2D eigenvalue weighted by molar-refractivity contribution is -0.146. The van der Waals surface area contributed by atoms with E-state index >= 15 is 0 Å². The molecule has 0 aliphatic carbocycles. The first-order valence-corrected chi connectivity index (χ1v) is 7.40. The fraction of sp³-hybridized carbons (Fsp3) is 0.500. The van der Waals surface area contributed by atoms with Crippen LogP contribution < -0.4 is 14.8 Å². The molecule has 1 aliphatic heterocycles. The fourth-order valence-electron chi connectivity index (χ4n) is 2.26. The Labute approximate surface area is 130 Å².